The van der Waals surface area contributed by atoms with Gasteiger partial charge in [0.1, 0.15) is 5.82 Å². The number of halogens is 1. The maximum absolute atomic E-state index is 13.6. The predicted molar refractivity (Wildman–Crippen MR) is 89.1 cm³/mol. The van der Waals surface area contributed by atoms with Gasteiger partial charge >= 0.3 is 0 Å². The Morgan fingerprint density at radius 2 is 1.96 bits per heavy atom. The van der Waals surface area contributed by atoms with Crippen LogP contribution in [0.2, 0.25) is 0 Å². The van der Waals surface area contributed by atoms with Crippen LogP contribution in [0.4, 0.5) is 4.39 Å². The molecule has 23 heavy (non-hydrogen) atoms. The lowest BCUT2D eigenvalue weighted by molar-refractivity contribution is -0.121. The van der Waals surface area contributed by atoms with E-state index in [4.69, 9.17) is 0 Å². The van der Waals surface area contributed by atoms with Crippen molar-refractivity contribution in [2.24, 2.45) is 0 Å². The van der Waals surface area contributed by atoms with E-state index in [-0.39, 0.29) is 31.4 Å². The summed E-state index contributed by atoms with van der Waals surface area (Å²) >= 11 is 0. The fraction of sp³-hybridized carbons (Fsp3) is 0.562. The largest absolute Gasteiger partial charge is 0.355 e. The highest BCUT2D eigenvalue weighted by molar-refractivity contribution is 7.88. The van der Waals surface area contributed by atoms with Gasteiger partial charge in [-0.2, -0.15) is 0 Å². The van der Waals surface area contributed by atoms with Gasteiger partial charge in [-0.15, -0.1) is 0 Å². The Labute approximate surface area is 137 Å². The van der Waals surface area contributed by atoms with Crippen LogP contribution >= 0.6 is 0 Å². The number of unbranched alkanes of at least 4 members (excludes halogenated alkanes) is 1. The van der Waals surface area contributed by atoms with Gasteiger partial charge in [-0.25, -0.2) is 17.1 Å². The molecule has 0 aliphatic heterocycles. The van der Waals surface area contributed by atoms with Crippen molar-refractivity contribution in [3.05, 3.63) is 35.6 Å². The maximum atomic E-state index is 13.6. The number of benzene rings is 1. The van der Waals surface area contributed by atoms with E-state index >= 15 is 0 Å². The molecule has 0 radical (unpaired) electrons. The van der Waals surface area contributed by atoms with E-state index in [0.717, 1.165) is 19.1 Å². The minimum absolute atomic E-state index is 0.0746. The van der Waals surface area contributed by atoms with Gasteiger partial charge in [0.25, 0.3) is 0 Å². The Balaban J connectivity index is 2.51. The molecule has 130 valence electrons. The van der Waals surface area contributed by atoms with Crippen LogP contribution in [0.3, 0.4) is 0 Å². The van der Waals surface area contributed by atoms with Crippen molar-refractivity contribution in [1.29, 1.82) is 0 Å². The second-order valence-corrected chi connectivity index (χ2v) is 7.44. The maximum Gasteiger partial charge on any atom is 0.220 e. The Morgan fingerprint density at radius 1 is 1.26 bits per heavy atom. The quantitative estimate of drug-likeness (QED) is 0.705. The molecule has 0 heterocycles. The molecular weight excluding hydrogens is 319 g/mol. The molecule has 1 aromatic carbocycles. The molecule has 0 atom stereocenters. The summed E-state index contributed by atoms with van der Waals surface area (Å²) in [6, 6.07) is 6.31. The second kappa shape index (κ2) is 9.62. The molecule has 1 aromatic rings. The van der Waals surface area contributed by atoms with Crippen molar-refractivity contribution in [2.45, 2.75) is 32.6 Å². The van der Waals surface area contributed by atoms with Crippen LogP contribution in [0.15, 0.2) is 24.3 Å². The van der Waals surface area contributed by atoms with Gasteiger partial charge in [0, 0.05) is 26.1 Å². The highest BCUT2D eigenvalue weighted by atomic mass is 32.2. The van der Waals surface area contributed by atoms with Crippen molar-refractivity contribution in [1.82, 2.24) is 9.62 Å². The monoisotopic (exact) mass is 344 g/mol. The van der Waals surface area contributed by atoms with Crippen molar-refractivity contribution in [3.63, 3.8) is 0 Å². The van der Waals surface area contributed by atoms with Crippen LogP contribution < -0.4 is 5.32 Å². The molecule has 0 unspecified atom stereocenters. The third-order valence-corrected chi connectivity index (χ3v) is 4.80. The molecule has 5 nitrogen and oxygen atoms in total. The number of rotatable bonds is 10. The van der Waals surface area contributed by atoms with Crippen molar-refractivity contribution >= 4 is 15.9 Å². The number of hydrogen-bond acceptors (Lipinski definition) is 3. The third kappa shape index (κ3) is 7.56. The van der Waals surface area contributed by atoms with Crippen molar-refractivity contribution in [3.8, 4) is 0 Å². The summed E-state index contributed by atoms with van der Waals surface area (Å²) in [4.78, 5) is 11.5. The molecule has 0 fully saturated rings. The summed E-state index contributed by atoms with van der Waals surface area (Å²) in [5.41, 5.74) is 0.480. The smallest absolute Gasteiger partial charge is 0.220 e. The zero-order valence-electron chi connectivity index (χ0n) is 13.7. The van der Waals surface area contributed by atoms with Crippen molar-refractivity contribution in [2.75, 3.05) is 25.9 Å². The van der Waals surface area contributed by atoms with Gasteiger partial charge in [0.15, 0.2) is 0 Å². The molecule has 7 heteroatoms. The second-order valence-electron chi connectivity index (χ2n) is 5.46. The molecule has 1 rings (SSSR count). The molecule has 0 spiro atoms. The number of nitrogens with zero attached hydrogens (tertiary/aromatic N) is 1. The number of hydrogen-bond donors (Lipinski definition) is 1. The van der Waals surface area contributed by atoms with Gasteiger partial charge in [0.2, 0.25) is 15.9 Å². The van der Waals surface area contributed by atoms with E-state index < -0.39 is 10.0 Å². The third-order valence-electron chi connectivity index (χ3n) is 3.50. The lowest BCUT2D eigenvalue weighted by Gasteiger charge is -2.20. The summed E-state index contributed by atoms with van der Waals surface area (Å²) in [6.45, 7) is 2.63. The van der Waals surface area contributed by atoms with Gasteiger partial charge in [-0.1, -0.05) is 31.5 Å². The first kappa shape index (κ1) is 19.6. The van der Waals surface area contributed by atoms with E-state index in [2.05, 4.69) is 5.32 Å². The van der Waals surface area contributed by atoms with E-state index in [1.54, 1.807) is 18.2 Å². The number of sulfonamides is 1. The van der Waals surface area contributed by atoms with Gasteiger partial charge in [0.05, 0.1) is 6.26 Å². The van der Waals surface area contributed by atoms with Crippen LogP contribution in [0.25, 0.3) is 0 Å². The molecule has 0 saturated carbocycles. The van der Waals surface area contributed by atoms with Crippen LogP contribution in [-0.2, 0) is 21.2 Å². The molecule has 1 N–H and O–H groups in total. The van der Waals surface area contributed by atoms with Gasteiger partial charge < -0.3 is 5.32 Å². The zero-order chi connectivity index (χ0) is 17.3. The summed E-state index contributed by atoms with van der Waals surface area (Å²) < 4.78 is 38.5. The first-order valence-electron chi connectivity index (χ1n) is 7.79. The standard InChI is InChI=1S/C16H25FN2O3S/c1-3-4-9-16(20)18-11-13-19(23(2,21)22)12-10-14-7-5-6-8-15(14)17/h5-8H,3-4,9-13H2,1-2H3,(H,18,20). The Hall–Kier alpha value is -1.47. The molecule has 0 aliphatic carbocycles. The minimum atomic E-state index is -3.40. The van der Waals surface area contributed by atoms with Gasteiger partial charge in [-0.05, 0) is 24.5 Å². The highest BCUT2D eigenvalue weighted by Gasteiger charge is 2.17. The van der Waals surface area contributed by atoms with Crippen LogP contribution in [0.1, 0.15) is 31.7 Å². The number of nitrogens with one attached hydrogen (secondary N) is 1. The average Bonchev–Trinajstić information content (AvgIpc) is 2.48. The topological polar surface area (TPSA) is 66.5 Å². The van der Waals surface area contributed by atoms with Crippen LogP contribution in [0.5, 0.6) is 0 Å². The van der Waals surface area contributed by atoms with Crippen molar-refractivity contribution < 1.29 is 17.6 Å². The number of carbonyl (C=O) groups excluding carboxylic acids is 1. The molecule has 1 amide bonds. The lowest BCUT2D eigenvalue weighted by atomic mass is 10.1. The summed E-state index contributed by atoms with van der Waals surface area (Å²) in [5, 5.41) is 2.71. The SMILES string of the molecule is CCCCC(=O)NCCN(CCc1ccccc1F)S(C)(=O)=O. The molecule has 0 bridgehead atoms. The molecule has 0 aromatic heterocycles. The van der Waals surface area contributed by atoms with Gasteiger partial charge in [-0.3, -0.25) is 4.79 Å². The van der Waals surface area contributed by atoms with Crippen LogP contribution in [0, 0.1) is 5.82 Å². The summed E-state index contributed by atoms with van der Waals surface area (Å²) in [7, 11) is -3.40. The van der Waals surface area contributed by atoms with E-state index in [1.807, 2.05) is 6.92 Å². The van der Waals surface area contributed by atoms with E-state index in [9.17, 15) is 17.6 Å². The Morgan fingerprint density at radius 3 is 2.57 bits per heavy atom. The fourth-order valence-electron chi connectivity index (χ4n) is 2.14. The number of amides is 1. The zero-order valence-corrected chi connectivity index (χ0v) is 14.5. The number of carbonyl (C=O) groups is 1. The predicted octanol–water partition coefficient (Wildman–Crippen LogP) is 1.94. The lowest BCUT2D eigenvalue weighted by Crippen LogP contribution is -2.39. The average molecular weight is 344 g/mol. The fourth-order valence-corrected chi connectivity index (χ4v) is 2.98. The summed E-state index contributed by atoms with van der Waals surface area (Å²) in [6.07, 6.45) is 3.61. The summed E-state index contributed by atoms with van der Waals surface area (Å²) in [5.74, 6) is -0.414. The van der Waals surface area contributed by atoms with E-state index in [1.165, 1.54) is 10.4 Å². The van der Waals surface area contributed by atoms with E-state index in [0.29, 0.717) is 18.4 Å². The first-order chi connectivity index (χ1) is 10.8. The Bertz CT molecular complexity index is 605. The first-order valence-corrected chi connectivity index (χ1v) is 9.64. The van der Waals surface area contributed by atoms with Crippen LogP contribution in [-0.4, -0.2) is 44.5 Å². The molecule has 0 aliphatic rings. The Kier molecular flexibility index (Phi) is 8.19. The highest BCUT2D eigenvalue weighted by Crippen LogP contribution is 2.09. The molecular formula is C16H25FN2O3S. The normalized spacial score (nSPS) is 11.7. The minimum Gasteiger partial charge on any atom is -0.355 e. The molecule has 0 saturated heterocycles.